The van der Waals surface area contributed by atoms with Gasteiger partial charge in [0.15, 0.2) is 0 Å². The van der Waals surface area contributed by atoms with Crippen LogP contribution in [-0.2, 0) is 17.8 Å². The summed E-state index contributed by atoms with van der Waals surface area (Å²) in [5.74, 6) is 4.81. The van der Waals surface area contributed by atoms with Crippen LogP contribution >= 0.6 is 0 Å². The highest BCUT2D eigenvalue weighted by atomic mass is 16.2. The molecule has 0 saturated carbocycles. The van der Waals surface area contributed by atoms with Crippen LogP contribution in [0.15, 0.2) is 12.3 Å². The van der Waals surface area contributed by atoms with Crippen LogP contribution in [0.4, 0.5) is 0 Å². The number of aryl methyl sites for hydroxylation is 2. The molecule has 0 spiro atoms. The molecular formula is C8H14N4O. The molecule has 0 aliphatic heterocycles. The summed E-state index contributed by atoms with van der Waals surface area (Å²) in [4.78, 5) is 10.8. The second kappa shape index (κ2) is 4.61. The average Bonchev–Trinajstić information content (AvgIpc) is 2.61. The monoisotopic (exact) mass is 182 g/mol. The van der Waals surface area contributed by atoms with Crippen molar-refractivity contribution in [3.63, 3.8) is 0 Å². The van der Waals surface area contributed by atoms with E-state index in [1.807, 2.05) is 17.7 Å². The Bertz CT molecular complexity index is 281. The molecule has 1 aromatic rings. The van der Waals surface area contributed by atoms with Crippen LogP contribution in [0.3, 0.4) is 0 Å². The first-order chi connectivity index (χ1) is 6.27. The third-order valence-corrected chi connectivity index (χ3v) is 1.87. The molecule has 3 N–H and O–H groups in total. The zero-order valence-corrected chi connectivity index (χ0v) is 7.66. The van der Waals surface area contributed by atoms with Gasteiger partial charge in [0.1, 0.15) is 0 Å². The summed E-state index contributed by atoms with van der Waals surface area (Å²) >= 11 is 0. The van der Waals surface area contributed by atoms with E-state index < -0.39 is 0 Å². The maximum absolute atomic E-state index is 10.8. The Balaban J connectivity index is 2.49. The van der Waals surface area contributed by atoms with Crippen LogP contribution < -0.4 is 11.3 Å². The first kappa shape index (κ1) is 9.73. The van der Waals surface area contributed by atoms with Gasteiger partial charge < -0.3 is 0 Å². The van der Waals surface area contributed by atoms with Crippen LogP contribution in [0.5, 0.6) is 0 Å². The van der Waals surface area contributed by atoms with Crippen molar-refractivity contribution < 1.29 is 4.79 Å². The zero-order chi connectivity index (χ0) is 9.68. The van der Waals surface area contributed by atoms with E-state index in [2.05, 4.69) is 10.5 Å². The molecule has 1 amide bonds. The van der Waals surface area contributed by atoms with E-state index in [0.717, 1.165) is 12.2 Å². The number of hydrogen-bond acceptors (Lipinski definition) is 3. The van der Waals surface area contributed by atoms with Crippen molar-refractivity contribution in [3.8, 4) is 0 Å². The Morgan fingerprint density at radius 1 is 1.77 bits per heavy atom. The molecule has 0 radical (unpaired) electrons. The summed E-state index contributed by atoms with van der Waals surface area (Å²) in [6, 6.07) is 1.91. The summed E-state index contributed by atoms with van der Waals surface area (Å²) in [6.07, 6.45) is 2.82. The number of rotatable bonds is 4. The van der Waals surface area contributed by atoms with Crippen LogP contribution in [0.2, 0.25) is 0 Å². The summed E-state index contributed by atoms with van der Waals surface area (Å²) < 4.78 is 1.86. The van der Waals surface area contributed by atoms with E-state index in [0.29, 0.717) is 12.8 Å². The van der Waals surface area contributed by atoms with Gasteiger partial charge >= 0.3 is 0 Å². The van der Waals surface area contributed by atoms with Crippen LogP contribution in [0, 0.1) is 0 Å². The molecule has 0 aliphatic carbocycles. The fourth-order valence-corrected chi connectivity index (χ4v) is 1.17. The highest BCUT2D eigenvalue weighted by Gasteiger charge is 2.03. The van der Waals surface area contributed by atoms with Gasteiger partial charge in [-0.25, -0.2) is 5.84 Å². The summed E-state index contributed by atoms with van der Waals surface area (Å²) in [7, 11) is 0. The van der Waals surface area contributed by atoms with Crippen molar-refractivity contribution in [3.05, 3.63) is 18.0 Å². The molecule has 5 nitrogen and oxygen atoms in total. The first-order valence-corrected chi connectivity index (χ1v) is 4.28. The van der Waals surface area contributed by atoms with Crippen molar-refractivity contribution in [1.82, 2.24) is 15.2 Å². The molecule has 1 rings (SSSR count). The van der Waals surface area contributed by atoms with Gasteiger partial charge in [0.05, 0.1) is 0 Å². The van der Waals surface area contributed by atoms with E-state index in [-0.39, 0.29) is 5.91 Å². The van der Waals surface area contributed by atoms with Gasteiger partial charge in [-0.3, -0.25) is 14.9 Å². The van der Waals surface area contributed by atoms with E-state index in [4.69, 9.17) is 5.84 Å². The highest BCUT2D eigenvalue weighted by Crippen LogP contribution is 2.02. The second-order valence-electron chi connectivity index (χ2n) is 2.71. The molecule has 0 atom stereocenters. The molecule has 0 fully saturated rings. The van der Waals surface area contributed by atoms with Crippen LogP contribution in [0.25, 0.3) is 0 Å². The smallest absolute Gasteiger partial charge is 0.234 e. The number of hydrazine groups is 1. The third-order valence-electron chi connectivity index (χ3n) is 1.87. The normalized spacial score (nSPS) is 10.0. The Kier molecular flexibility index (Phi) is 3.45. The van der Waals surface area contributed by atoms with Gasteiger partial charge in [-0.2, -0.15) is 5.10 Å². The maximum Gasteiger partial charge on any atom is 0.234 e. The predicted octanol–water partition coefficient (Wildman–Crippen LogP) is -0.174. The van der Waals surface area contributed by atoms with Gasteiger partial charge in [-0.1, -0.05) is 0 Å². The number of carbonyl (C=O) groups is 1. The lowest BCUT2D eigenvalue weighted by atomic mass is 10.2. The topological polar surface area (TPSA) is 72.9 Å². The standard InChI is InChI=1S/C8H14N4O/c1-2-12-7(5-6-10-12)3-4-8(13)11-9/h5-6H,2-4,9H2,1H3,(H,11,13). The third kappa shape index (κ3) is 2.55. The SMILES string of the molecule is CCn1nccc1CCC(=O)NN. The zero-order valence-electron chi connectivity index (χ0n) is 7.66. The molecule has 72 valence electrons. The minimum Gasteiger partial charge on any atom is -0.294 e. The second-order valence-corrected chi connectivity index (χ2v) is 2.71. The van der Waals surface area contributed by atoms with Crippen molar-refractivity contribution in [2.45, 2.75) is 26.3 Å². The lowest BCUT2D eigenvalue weighted by Gasteiger charge is -2.03. The summed E-state index contributed by atoms with van der Waals surface area (Å²) in [5.41, 5.74) is 3.16. The van der Waals surface area contributed by atoms with Gasteiger partial charge in [0.25, 0.3) is 0 Å². The van der Waals surface area contributed by atoms with Crippen molar-refractivity contribution in [2.24, 2.45) is 5.84 Å². The molecule has 5 heteroatoms. The highest BCUT2D eigenvalue weighted by molar-refractivity contribution is 5.75. The van der Waals surface area contributed by atoms with E-state index in [1.165, 1.54) is 0 Å². The maximum atomic E-state index is 10.8. The molecular weight excluding hydrogens is 168 g/mol. The van der Waals surface area contributed by atoms with Gasteiger partial charge in [0.2, 0.25) is 5.91 Å². The largest absolute Gasteiger partial charge is 0.294 e. The number of aromatic nitrogens is 2. The van der Waals surface area contributed by atoms with E-state index in [1.54, 1.807) is 6.20 Å². The minimum absolute atomic E-state index is 0.149. The summed E-state index contributed by atoms with van der Waals surface area (Å²) in [6.45, 7) is 2.84. The van der Waals surface area contributed by atoms with Crippen molar-refractivity contribution in [2.75, 3.05) is 0 Å². The number of nitrogens with zero attached hydrogens (tertiary/aromatic N) is 2. The van der Waals surface area contributed by atoms with E-state index in [9.17, 15) is 4.79 Å². The van der Waals surface area contributed by atoms with Gasteiger partial charge in [0, 0.05) is 24.9 Å². The van der Waals surface area contributed by atoms with Crippen LogP contribution in [0.1, 0.15) is 19.0 Å². The quantitative estimate of drug-likeness (QED) is 0.385. The Morgan fingerprint density at radius 3 is 3.15 bits per heavy atom. The Hall–Kier alpha value is -1.36. The van der Waals surface area contributed by atoms with E-state index >= 15 is 0 Å². The molecule has 13 heavy (non-hydrogen) atoms. The number of carbonyl (C=O) groups excluding carboxylic acids is 1. The van der Waals surface area contributed by atoms with Gasteiger partial charge in [-0.15, -0.1) is 0 Å². The molecule has 1 heterocycles. The number of hydrogen-bond donors (Lipinski definition) is 2. The molecule has 0 saturated heterocycles. The number of nitrogens with one attached hydrogen (secondary N) is 1. The molecule has 0 aliphatic rings. The summed E-state index contributed by atoms with van der Waals surface area (Å²) in [5, 5.41) is 4.09. The predicted molar refractivity (Wildman–Crippen MR) is 48.6 cm³/mol. The Labute approximate surface area is 76.9 Å². The number of nitrogens with two attached hydrogens (primary N) is 1. The molecule has 0 aromatic carbocycles. The number of amides is 1. The minimum atomic E-state index is -0.149. The Morgan fingerprint density at radius 2 is 2.54 bits per heavy atom. The van der Waals surface area contributed by atoms with Crippen molar-refractivity contribution in [1.29, 1.82) is 0 Å². The average molecular weight is 182 g/mol. The first-order valence-electron chi connectivity index (χ1n) is 4.28. The van der Waals surface area contributed by atoms with Crippen LogP contribution in [-0.4, -0.2) is 15.7 Å². The fourth-order valence-electron chi connectivity index (χ4n) is 1.17. The fraction of sp³-hybridized carbons (Fsp3) is 0.500. The molecule has 0 unspecified atom stereocenters. The van der Waals surface area contributed by atoms with Gasteiger partial charge in [-0.05, 0) is 19.4 Å². The molecule has 1 aromatic heterocycles. The molecule has 0 bridgehead atoms. The van der Waals surface area contributed by atoms with Crippen molar-refractivity contribution >= 4 is 5.91 Å². The lowest BCUT2D eigenvalue weighted by Crippen LogP contribution is -2.30. The lowest BCUT2D eigenvalue weighted by molar-refractivity contribution is -0.121.